The zero-order valence-corrected chi connectivity index (χ0v) is 13.1. The molecule has 0 aromatic heterocycles. The van der Waals surface area contributed by atoms with E-state index in [-0.39, 0.29) is 5.75 Å². The van der Waals surface area contributed by atoms with E-state index in [9.17, 15) is 18.0 Å². The number of nitrogens with two attached hydrogens (primary N) is 2. The van der Waals surface area contributed by atoms with E-state index in [0.29, 0.717) is 11.1 Å². The molecule has 1 aromatic rings. The van der Waals surface area contributed by atoms with Crippen molar-refractivity contribution in [3.8, 4) is 5.75 Å². The molecule has 0 saturated heterocycles. The Balaban J connectivity index is 2.61. The van der Waals surface area contributed by atoms with Crippen LogP contribution < -0.4 is 16.2 Å². The normalized spacial score (nSPS) is 16.9. The lowest BCUT2D eigenvalue weighted by Gasteiger charge is -2.28. The monoisotopic (exact) mass is 345 g/mol. The first kappa shape index (κ1) is 17.2. The van der Waals surface area contributed by atoms with Crippen molar-refractivity contribution in [1.82, 2.24) is 0 Å². The quantitative estimate of drug-likeness (QED) is 0.487. The number of halogens is 3. The highest BCUT2D eigenvalue weighted by Crippen LogP contribution is 2.40. The summed E-state index contributed by atoms with van der Waals surface area (Å²) in [6.07, 6.45) is -4.23. The summed E-state index contributed by atoms with van der Waals surface area (Å²) in [7, 11) is 0. The summed E-state index contributed by atoms with van der Waals surface area (Å²) in [5.41, 5.74) is 10.4. The third-order valence-electron chi connectivity index (χ3n) is 3.12. The molecule has 1 amide bonds. The van der Waals surface area contributed by atoms with Gasteiger partial charge >= 0.3 is 6.18 Å². The number of fused-ring (bicyclic) bond motifs is 1. The molecule has 2 rings (SSSR count). The predicted molar refractivity (Wildman–Crippen MR) is 82.2 cm³/mol. The first-order valence-electron chi connectivity index (χ1n) is 6.41. The maximum atomic E-state index is 13.2. The Morgan fingerprint density at radius 3 is 2.52 bits per heavy atom. The van der Waals surface area contributed by atoms with Crippen molar-refractivity contribution in [2.24, 2.45) is 16.5 Å². The van der Waals surface area contributed by atoms with Crippen molar-refractivity contribution >= 4 is 29.7 Å². The molecule has 0 saturated carbocycles. The molecule has 0 aliphatic carbocycles. The third kappa shape index (κ3) is 3.61. The van der Waals surface area contributed by atoms with E-state index in [2.05, 4.69) is 4.99 Å². The van der Waals surface area contributed by atoms with Crippen molar-refractivity contribution < 1.29 is 22.7 Å². The Kier molecular flexibility index (Phi) is 4.60. The van der Waals surface area contributed by atoms with E-state index in [0.717, 1.165) is 11.0 Å². The molecule has 1 atom stereocenters. The van der Waals surface area contributed by atoms with Crippen LogP contribution in [0, 0.1) is 6.92 Å². The maximum absolute atomic E-state index is 13.2. The minimum atomic E-state index is -4.78. The molecule has 1 unspecified atom stereocenters. The van der Waals surface area contributed by atoms with Crippen LogP contribution in [0.5, 0.6) is 5.75 Å². The van der Waals surface area contributed by atoms with Crippen LogP contribution in [0.1, 0.15) is 11.1 Å². The van der Waals surface area contributed by atoms with Crippen LogP contribution in [0.2, 0.25) is 0 Å². The number of alkyl halides is 3. The van der Waals surface area contributed by atoms with E-state index in [1.165, 1.54) is 11.8 Å². The van der Waals surface area contributed by atoms with Gasteiger partial charge in [-0.3, -0.25) is 4.79 Å². The van der Waals surface area contributed by atoms with Gasteiger partial charge in [-0.2, -0.15) is 18.2 Å². The largest absolute Gasteiger partial charge is 0.475 e. The highest BCUT2D eigenvalue weighted by molar-refractivity contribution is 7.98. The van der Waals surface area contributed by atoms with Crippen LogP contribution in [-0.4, -0.2) is 30.4 Å². The Morgan fingerprint density at radius 2 is 2.00 bits per heavy atom. The lowest BCUT2D eigenvalue weighted by Crippen LogP contribution is -2.40. The summed E-state index contributed by atoms with van der Waals surface area (Å²) in [6.45, 7) is 1.64. The number of hydrogen-bond donors (Lipinski definition) is 2. The number of rotatable bonds is 2. The average Bonchev–Trinajstić information content (AvgIpc) is 2.44. The van der Waals surface area contributed by atoms with Crippen LogP contribution in [0.25, 0.3) is 6.08 Å². The van der Waals surface area contributed by atoms with Gasteiger partial charge in [0.05, 0.1) is 5.57 Å². The second-order valence-corrected chi connectivity index (χ2v) is 5.72. The van der Waals surface area contributed by atoms with Gasteiger partial charge < -0.3 is 16.2 Å². The van der Waals surface area contributed by atoms with E-state index < -0.39 is 29.7 Å². The summed E-state index contributed by atoms with van der Waals surface area (Å²) in [5.74, 6) is -1.70. The Labute approximate surface area is 134 Å². The highest BCUT2D eigenvalue weighted by Gasteiger charge is 2.48. The molecule has 1 aliphatic heterocycles. The van der Waals surface area contributed by atoms with Gasteiger partial charge in [0.1, 0.15) is 5.75 Å². The summed E-state index contributed by atoms with van der Waals surface area (Å²) in [5, 5.41) is 0. The molecule has 23 heavy (non-hydrogen) atoms. The molecule has 4 N–H and O–H groups in total. The van der Waals surface area contributed by atoms with Gasteiger partial charge in [-0.25, -0.2) is 0 Å². The van der Waals surface area contributed by atoms with Crippen LogP contribution >= 0.6 is 11.8 Å². The molecular weight excluding hydrogens is 331 g/mol. The number of nitrogens with zero attached hydrogens (tertiary/aromatic N) is 1. The van der Waals surface area contributed by atoms with Crippen molar-refractivity contribution in [2.45, 2.75) is 24.1 Å². The van der Waals surface area contributed by atoms with Crippen LogP contribution in [0.3, 0.4) is 0 Å². The summed E-state index contributed by atoms with van der Waals surface area (Å²) in [6, 6.07) is 3.36. The van der Waals surface area contributed by atoms with Gasteiger partial charge in [0, 0.05) is 10.5 Å². The third-order valence-corrected chi connectivity index (χ3v) is 3.82. The lowest BCUT2D eigenvalue weighted by atomic mass is 9.98. The highest BCUT2D eigenvalue weighted by atomic mass is 32.2. The average molecular weight is 345 g/mol. The van der Waals surface area contributed by atoms with Crippen molar-refractivity contribution in [3.05, 3.63) is 28.8 Å². The van der Waals surface area contributed by atoms with Crippen LogP contribution in [0.15, 0.2) is 27.6 Å². The Bertz CT molecular complexity index is 710. The van der Waals surface area contributed by atoms with Crippen molar-refractivity contribution in [2.75, 3.05) is 6.26 Å². The van der Waals surface area contributed by atoms with E-state index in [1.807, 2.05) is 6.26 Å². The number of carbonyl (C=O) groups excluding carboxylic acids is 1. The van der Waals surface area contributed by atoms with Gasteiger partial charge in [-0.15, -0.1) is 11.8 Å². The van der Waals surface area contributed by atoms with Gasteiger partial charge in [0.2, 0.25) is 6.10 Å². The minimum Gasteiger partial charge on any atom is -0.475 e. The van der Waals surface area contributed by atoms with Crippen LogP contribution in [0.4, 0.5) is 13.2 Å². The first-order valence-corrected chi connectivity index (χ1v) is 7.63. The number of aliphatic imine (C=N–C) groups is 1. The molecule has 0 spiro atoms. The molecule has 1 heterocycles. The Morgan fingerprint density at radius 1 is 1.35 bits per heavy atom. The zero-order chi connectivity index (χ0) is 17.4. The summed E-state index contributed by atoms with van der Waals surface area (Å²) >= 11 is 1.42. The number of guanidine groups is 1. The zero-order valence-electron chi connectivity index (χ0n) is 12.3. The number of ether oxygens (including phenoxy) is 1. The van der Waals surface area contributed by atoms with Gasteiger partial charge in [-0.1, -0.05) is 0 Å². The molecule has 0 radical (unpaired) electrons. The fraction of sp³-hybridized carbons (Fsp3) is 0.286. The van der Waals surface area contributed by atoms with Crippen molar-refractivity contribution in [1.29, 1.82) is 0 Å². The number of aryl methyl sites for hydroxylation is 1. The second kappa shape index (κ2) is 6.15. The summed E-state index contributed by atoms with van der Waals surface area (Å²) < 4.78 is 44.7. The van der Waals surface area contributed by atoms with Gasteiger partial charge in [0.15, 0.2) is 5.96 Å². The van der Waals surface area contributed by atoms with E-state index in [1.54, 1.807) is 19.1 Å². The number of amides is 1. The van der Waals surface area contributed by atoms with Gasteiger partial charge in [0.25, 0.3) is 5.91 Å². The molecule has 5 nitrogen and oxygen atoms in total. The van der Waals surface area contributed by atoms with E-state index in [4.69, 9.17) is 16.2 Å². The number of hydrogen-bond acceptors (Lipinski definition) is 3. The van der Waals surface area contributed by atoms with Crippen LogP contribution in [-0.2, 0) is 4.79 Å². The van der Waals surface area contributed by atoms with Gasteiger partial charge in [-0.05, 0) is 37.0 Å². The smallest absolute Gasteiger partial charge is 0.429 e. The first-order chi connectivity index (χ1) is 10.6. The lowest BCUT2D eigenvalue weighted by molar-refractivity contribution is -0.185. The maximum Gasteiger partial charge on any atom is 0.429 e. The second-order valence-electron chi connectivity index (χ2n) is 4.84. The number of benzene rings is 1. The molecule has 9 heteroatoms. The standard InChI is InChI=1S/C14H14F3N3O2S/c1-6-3-8(23-2)4-7-5-9(12(21)20-13(18)19)11(14(15,16)17)22-10(6)7/h3-5,11H,1-2H3,(H4,18,19,20,21). The molecule has 124 valence electrons. The molecule has 1 aromatic carbocycles. The minimum absolute atomic E-state index is 0.0892. The molecule has 1 aliphatic rings. The predicted octanol–water partition coefficient (Wildman–Crippen LogP) is 2.22. The summed E-state index contributed by atoms with van der Waals surface area (Å²) in [4.78, 5) is 15.9. The molecule has 0 fully saturated rings. The number of thioether (sulfide) groups is 1. The SMILES string of the molecule is CSc1cc(C)c2c(c1)C=C(C(=O)N=C(N)N)C(C(F)(F)F)O2. The van der Waals surface area contributed by atoms with Crippen molar-refractivity contribution in [3.63, 3.8) is 0 Å². The Hall–Kier alpha value is -2.16. The fourth-order valence-corrected chi connectivity index (χ4v) is 2.72. The number of carbonyl (C=O) groups is 1. The molecular formula is C14H14F3N3O2S. The topological polar surface area (TPSA) is 90.7 Å². The fourth-order valence-electron chi connectivity index (χ4n) is 2.18. The van der Waals surface area contributed by atoms with E-state index >= 15 is 0 Å². The molecule has 0 bridgehead atoms.